The van der Waals surface area contributed by atoms with Gasteiger partial charge in [-0.2, -0.15) is 0 Å². The Morgan fingerprint density at radius 1 is 1.29 bits per heavy atom. The molecule has 1 heterocycles. The van der Waals surface area contributed by atoms with Crippen molar-refractivity contribution in [2.75, 3.05) is 0 Å². The molecule has 0 radical (unpaired) electrons. The molecular weight excluding hydrogens is 332 g/mol. The Morgan fingerprint density at radius 2 is 2.05 bits per heavy atom. The van der Waals surface area contributed by atoms with Crippen LogP contribution in [0.15, 0.2) is 52.0 Å². The van der Waals surface area contributed by atoms with Gasteiger partial charge in [-0.05, 0) is 24.5 Å². The number of amides is 1. The Hall–Kier alpha value is -1.88. The average Bonchev–Trinajstić information content (AvgIpc) is 3.31. The predicted molar refractivity (Wildman–Crippen MR) is 84.1 cm³/mol. The molecule has 0 unspecified atom stereocenters. The Kier molecular flexibility index (Phi) is 3.92. The molecule has 108 valence electrons. The fourth-order valence-corrected chi connectivity index (χ4v) is 2.71. The van der Waals surface area contributed by atoms with E-state index in [1.807, 2.05) is 24.3 Å². The largest absolute Gasteiger partial charge is 0.367 e. The predicted octanol–water partition coefficient (Wildman–Crippen LogP) is 2.94. The molecule has 0 bridgehead atoms. The molecule has 4 nitrogen and oxygen atoms in total. The van der Waals surface area contributed by atoms with Gasteiger partial charge in [0.05, 0.1) is 0 Å². The highest BCUT2D eigenvalue weighted by Crippen LogP contribution is 2.30. The Bertz CT molecular complexity index is 722. The second kappa shape index (κ2) is 5.85. The lowest BCUT2D eigenvalue weighted by atomic mass is 10.1. The molecule has 1 aromatic heterocycles. The van der Waals surface area contributed by atoms with Crippen LogP contribution in [0.25, 0.3) is 0 Å². The molecular formula is C16H15BrN2O2. The van der Waals surface area contributed by atoms with Crippen molar-refractivity contribution >= 4 is 21.8 Å². The van der Waals surface area contributed by atoms with Gasteiger partial charge in [-0.3, -0.25) is 9.59 Å². The summed E-state index contributed by atoms with van der Waals surface area (Å²) in [6.07, 6.45) is 5.02. The quantitative estimate of drug-likeness (QED) is 0.925. The number of benzene rings is 1. The lowest BCUT2D eigenvalue weighted by Crippen LogP contribution is -2.35. The molecule has 5 heteroatoms. The average molecular weight is 347 g/mol. The summed E-state index contributed by atoms with van der Waals surface area (Å²) < 4.78 is 0.977. The minimum absolute atomic E-state index is 0.199. The third kappa shape index (κ3) is 3.08. The zero-order chi connectivity index (χ0) is 14.8. The van der Waals surface area contributed by atoms with E-state index in [4.69, 9.17) is 0 Å². The number of rotatable bonds is 4. The van der Waals surface area contributed by atoms with E-state index in [2.05, 4.69) is 20.9 Å². The lowest BCUT2D eigenvalue weighted by molar-refractivity contribution is 0.0728. The zero-order valence-corrected chi connectivity index (χ0v) is 13.0. The maximum absolute atomic E-state index is 12.7. The summed E-state index contributed by atoms with van der Waals surface area (Å²) in [7, 11) is 0. The van der Waals surface area contributed by atoms with E-state index in [9.17, 15) is 9.59 Å². The Balaban J connectivity index is 1.89. The van der Waals surface area contributed by atoms with Gasteiger partial charge < -0.3 is 9.88 Å². The number of pyridine rings is 1. The number of nitrogens with zero attached hydrogens (tertiary/aromatic N) is 1. The lowest BCUT2D eigenvalue weighted by Gasteiger charge is -2.23. The molecule has 1 N–H and O–H groups in total. The number of hydrogen-bond acceptors (Lipinski definition) is 2. The van der Waals surface area contributed by atoms with Gasteiger partial charge in [-0.15, -0.1) is 0 Å². The SMILES string of the molecule is O=C(c1c[nH]ccc1=O)N(Cc1ccccc1Br)C1CC1. The Morgan fingerprint density at radius 3 is 2.71 bits per heavy atom. The maximum Gasteiger partial charge on any atom is 0.259 e. The van der Waals surface area contributed by atoms with E-state index in [1.54, 1.807) is 4.90 Å². The molecule has 1 amide bonds. The molecule has 1 saturated carbocycles. The highest BCUT2D eigenvalue weighted by atomic mass is 79.9. The molecule has 1 aliphatic rings. The molecule has 0 spiro atoms. The first-order valence-electron chi connectivity index (χ1n) is 6.88. The fraction of sp³-hybridized carbons (Fsp3) is 0.250. The minimum atomic E-state index is -0.239. The van der Waals surface area contributed by atoms with Crippen LogP contribution < -0.4 is 5.43 Å². The van der Waals surface area contributed by atoms with Crippen LogP contribution in [0.4, 0.5) is 0 Å². The van der Waals surface area contributed by atoms with Crippen LogP contribution in [0.5, 0.6) is 0 Å². The fourth-order valence-electron chi connectivity index (χ4n) is 2.30. The van der Waals surface area contributed by atoms with Crippen LogP contribution in [0.2, 0.25) is 0 Å². The number of halogens is 1. The van der Waals surface area contributed by atoms with Crippen molar-refractivity contribution in [2.45, 2.75) is 25.4 Å². The van der Waals surface area contributed by atoms with E-state index in [0.717, 1.165) is 22.9 Å². The van der Waals surface area contributed by atoms with Crippen LogP contribution in [0.3, 0.4) is 0 Å². The van der Waals surface area contributed by atoms with Gasteiger partial charge in [0, 0.05) is 35.5 Å². The highest BCUT2D eigenvalue weighted by Gasteiger charge is 2.34. The second-order valence-corrected chi connectivity index (χ2v) is 6.03. The van der Waals surface area contributed by atoms with Gasteiger partial charge >= 0.3 is 0 Å². The minimum Gasteiger partial charge on any atom is -0.367 e. The van der Waals surface area contributed by atoms with Crippen molar-refractivity contribution < 1.29 is 4.79 Å². The van der Waals surface area contributed by atoms with Crippen LogP contribution in [0.1, 0.15) is 28.8 Å². The molecule has 21 heavy (non-hydrogen) atoms. The maximum atomic E-state index is 12.7. The van der Waals surface area contributed by atoms with E-state index in [0.29, 0.717) is 6.54 Å². The summed E-state index contributed by atoms with van der Waals surface area (Å²) in [5.74, 6) is -0.199. The summed E-state index contributed by atoms with van der Waals surface area (Å²) in [6.45, 7) is 0.513. The molecule has 1 aliphatic carbocycles. The summed E-state index contributed by atoms with van der Waals surface area (Å²) in [4.78, 5) is 29.1. The molecule has 1 aromatic carbocycles. The number of carbonyl (C=O) groups excluding carboxylic acids is 1. The number of carbonyl (C=O) groups is 1. The zero-order valence-electron chi connectivity index (χ0n) is 11.4. The van der Waals surface area contributed by atoms with Crippen molar-refractivity contribution in [1.29, 1.82) is 0 Å². The van der Waals surface area contributed by atoms with Gasteiger partial charge in [0.15, 0.2) is 5.43 Å². The first kappa shape index (κ1) is 14.1. The summed E-state index contributed by atoms with van der Waals surface area (Å²) in [5, 5.41) is 0. The molecule has 0 aliphatic heterocycles. The molecule has 1 fully saturated rings. The first-order chi connectivity index (χ1) is 10.2. The molecule has 3 rings (SSSR count). The van der Waals surface area contributed by atoms with Crippen molar-refractivity contribution in [2.24, 2.45) is 0 Å². The standard InChI is InChI=1S/C16H15BrN2O2/c17-14-4-2-1-3-11(14)10-19(12-5-6-12)16(21)13-9-18-8-7-15(13)20/h1-4,7-9,12H,5-6,10H2,(H,18,20). The van der Waals surface area contributed by atoms with Gasteiger partial charge in [0.2, 0.25) is 0 Å². The van der Waals surface area contributed by atoms with Crippen LogP contribution in [0, 0.1) is 0 Å². The van der Waals surface area contributed by atoms with Gasteiger partial charge in [-0.25, -0.2) is 0 Å². The topological polar surface area (TPSA) is 53.2 Å². The molecule has 2 aromatic rings. The number of nitrogens with one attached hydrogen (secondary N) is 1. The number of aromatic nitrogens is 1. The van der Waals surface area contributed by atoms with Crippen molar-refractivity contribution in [1.82, 2.24) is 9.88 Å². The van der Waals surface area contributed by atoms with E-state index < -0.39 is 0 Å². The smallest absolute Gasteiger partial charge is 0.259 e. The van der Waals surface area contributed by atoms with E-state index >= 15 is 0 Å². The van der Waals surface area contributed by atoms with Gasteiger partial charge in [0.1, 0.15) is 5.56 Å². The number of H-pyrrole nitrogens is 1. The second-order valence-electron chi connectivity index (χ2n) is 5.18. The normalized spacial score (nSPS) is 14.0. The van der Waals surface area contributed by atoms with Gasteiger partial charge in [0.25, 0.3) is 5.91 Å². The third-order valence-corrected chi connectivity index (χ3v) is 4.38. The highest BCUT2D eigenvalue weighted by molar-refractivity contribution is 9.10. The first-order valence-corrected chi connectivity index (χ1v) is 7.67. The van der Waals surface area contributed by atoms with Crippen LogP contribution in [-0.2, 0) is 6.54 Å². The van der Waals surface area contributed by atoms with Crippen LogP contribution >= 0.6 is 15.9 Å². The summed E-state index contributed by atoms with van der Waals surface area (Å²) in [6, 6.07) is 9.46. The van der Waals surface area contributed by atoms with Gasteiger partial charge in [-0.1, -0.05) is 34.1 Å². The monoisotopic (exact) mass is 346 g/mol. The molecule has 0 atom stereocenters. The van der Waals surface area contributed by atoms with Crippen molar-refractivity contribution in [3.8, 4) is 0 Å². The Labute approximate surface area is 130 Å². The third-order valence-electron chi connectivity index (χ3n) is 3.60. The van der Waals surface area contributed by atoms with Crippen LogP contribution in [-0.4, -0.2) is 21.8 Å². The molecule has 0 saturated heterocycles. The van der Waals surface area contributed by atoms with E-state index in [-0.39, 0.29) is 22.9 Å². The van der Waals surface area contributed by atoms with Crippen molar-refractivity contribution in [3.63, 3.8) is 0 Å². The summed E-state index contributed by atoms with van der Waals surface area (Å²) in [5.41, 5.74) is 1.01. The number of aromatic amines is 1. The van der Waals surface area contributed by atoms with Crippen molar-refractivity contribution in [3.05, 3.63) is 68.5 Å². The summed E-state index contributed by atoms with van der Waals surface area (Å²) >= 11 is 3.51. The number of hydrogen-bond donors (Lipinski definition) is 1. The van der Waals surface area contributed by atoms with E-state index in [1.165, 1.54) is 18.5 Å².